The van der Waals surface area contributed by atoms with Gasteiger partial charge in [0.1, 0.15) is 5.75 Å². The summed E-state index contributed by atoms with van der Waals surface area (Å²) in [6, 6.07) is 21.8. The lowest BCUT2D eigenvalue weighted by Crippen LogP contribution is -2.56. The van der Waals surface area contributed by atoms with Crippen molar-refractivity contribution < 1.29 is 27.5 Å². The molecule has 198 valence electrons. The third-order valence-electron chi connectivity index (χ3n) is 6.97. The lowest BCUT2D eigenvalue weighted by atomic mass is 9.65. The Morgan fingerprint density at radius 3 is 2.13 bits per heavy atom. The summed E-state index contributed by atoms with van der Waals surface area (Å²) in [7, 11) is -2.82. The minimum atomic E-state index is -4.35. The summed E-state index contributed by atoms with van der Waals surface area (Å²) in [5.41, 5.74) is 0.457. The van der Waals surface area contributed by atoms with E-state index in [2.05, 4.69) is 0 Å². The van der Waals surface area contributed by atoms with Crippen LogP contribution in [0.15, 0.2) is 89.8 Å². The van der Waals surface area contributed by atoms with Crippen LogP contribution < -0.4 is 4.74 Å². The maximum Gasteiger partial charge on any atom is 0.314 e. The van der Waals surface area contributed by atoms with Crippen LogP contribution in [-0.2, 0) is 29.8 Å². The van der Waals surface area contributed by atoms with E-state index in [-0.39, 0.29) is 23.6 Å². The maximum atomic E-state index is 14.7. The Morgan fingerprint density at radius 1 is 0.947 bits per heavy atom. The molecule has 0 unspecified atom stereocenters. The van der Waals surface area contributed by atoms with E-state index < -0.39 is 33.2 Å². The molecule has 0 aliphatic carbocycles. The molecular formula is C30H31NO6S. The van der Waals surface area contributed by atoms with Crippen LogP contribution in [0, 0.1) is 12.8 Å². The van der Waals surface area contributed by atoms with Gasteiger partial charge in [-0.05, 0) is 61.7 Å². The smallest absolute Gasteiger partial charge is 0.314 e. The normalized spacial score (nSPS) is 19.6. The SMILES string of the molecule is CCOC(=O)[C@H]1C=C(c2ccccc2)N(S(=O)(=O)c2ccc(C)cc2)C(=O)[C@]1(CC)c1ccc(OC)cc1. The molecule has 4 rings (SSSR count). The Hall–Kier alpha value is -3.91. The summed E-state index contributed by atoms with van der Waals surface area (Å²) < 4.78 is 39.9. The number of esters is 1. The number of amides is 1. The van der Waals surface area contributed by atoms with Gasteiger partial charge in [-0.2, -0.15) is 0 Å². The van der Waals surface area contributed by atoms with Gasteiger partial charge >= 0.3 is 5.97 Å². The molecule has 1 aliphatic heterocycles. The molecule has 1 heterocycles. The van der Waals surface area contributed by atoms with Gasteiger partial charge in [0, 0.05) is 0 Å². The molecule has 8 heteroatoms. The van der Waals surface area contributed by atoms with Crippen LogP contribution in [0.2, 0.25) is 0 Å². The van der Waals surface area contributed by atoms with Crippen LogP contribution >= 0.6 is 0 Å². The van der Waals surface area contributed by atoms with E-state index in [1.165, 1.54) is 19.2 Å². The number of carbonyl (C=O) groups excluding carboxylic acids is 2. The zero-order valence-electron chi connectivity index (χ0n) is 21.9. The van der Waals surface area contributed by atoms with Gasteiger partial charge < -0.3 is 9.47 Å². The summed E-state index contributed by atoms with van der Waals surface area (Å²) in [4.78, 5) is 28.1. The van der Waals surface area contributed by atoms with Crippen molar-refractivity contribution in [3.05, 3.63) is 102 Å². The largest absolute Gasteiger partial charge is 0.497 e. The minimum Gasteiger partial charge on any atom is -0.497 e. The number of nitrogens with zero attached hydrogens (tertiary/aromatic N) is 1. The number of methoxy groups -OCH3 is 1. The molecule has 0 fully saturated rings. The predicted octanol–water partition coefficient (Wildman–Crippen LogP) is 5.10. The number of carbonyl (C=O) groups is 2. The van der Waals surface area contributed by atoms with Crippen molar-refractivity contribution in [2.75, 3.05) is 13.7 Å². The topological polar surface area (TPSA) is 90.0 Å². The van der Waals surface area contributed by atoms with Crippen LogP contribution in [0.5, 0.6) is 5.75 Å². The van der Waals surface area contributed by atoms with Crippen molar-refractivity contribution in [1.82, 2.24) is 4.31 Å². The molecule has 3 aromatic rings. The average molecular weight is 534 g/mol. The highest BCUT2D eigenvalue weighted by Crippen LogP contribution is 2.48. The number of hydrogen-bond acceptors (Lipinski definition) is 6. The zero-order chi connectivity index (χ0) is 27.5. The molecule has 38 heavy (non-hydrogen) atoms. The summed E-state index contributed by atoms with van der Waals surface area (Å²) in [6.07, 6.45) is 1.72. The van der Waals surface area contributed by atoms with E-state index in [4.69, 9.17) is 9.47 Å². The van der Waals surface area contributed by atoms with Crippen LogP contribution in [0.25, 0.3) is 5.70 Å². The van der Waals surface area contributed by atoms with Crippen LogP contribution in [0.1, 0.15) is 37.0 Å². The van der Waals surface area contributed by atoms with Crippen molar-refractivity contribution in [2.45, 2.75) is 37.5 Å². The molecule has 0 saturated heterocycles. The summed E-state index contributed by atoms with van der Waals surface area (Å²) >= 11 is 0. The van der Waals surface area contributed by atoms with Gasteiger partial charge in [0.05, 0.1) is 35.6 Å². The summed E-state index contributed by atoms with van der Waals surface area (Å²) in [6.45, 7) is 5.44. The fraction of sp³-hybridized carbons (Fsp3) is 0.267. The molecule has 2 atom stereocenters. The quantitative estimate of drug-likeness (QED) is 0.374. The fourth-order valence-electron chi connectivity index (χ4n) is 4.94. The van der Waals surface area contributed by atoms with Crippen molar-refractivity contribution in [3.8, 4) is 5.75 Å². The van der Waals surface area contributed by atoms with Crippen molar-refractivity contribution in [3.63, 3.8) is 0 Å². The second kappa shape index (κ2) is 10.8. The number of sulfonamides is 1. The van der Waals surface area contributed by atoms with Crippen LogP contribution in [-0.4, -0.2) is 38.3 Å². The van der Waals surface area contributed by atoms with Gasteiger partial charge in [0.15, 0.2) is 0 Å². The van der Waals surface area contributed by atoms with Crippen molar-refractivity contribution in [1.29, 1.82) is 0 Å². The number of rotatable bonds is 8. The Bertz CT molecular complexity index is 1450. The summed E-state index contributed by atoms with van der Waals surface area (Å²) in [5.74, 6) is -1.81. The Labute approximate surface area is 223 Å². The molecule has 0 bridgehead atoms. The van der Waals surface area contributed by atoms with E-state index in [9.17, 15) is 18.0 Å². The van der Waals surface area contributed by atoms with E-state index >= 15 is 0 Å². The zero-order valence-corrected chi connectivity index (χ0v) is 22.7. The first-order valence-corrected chi connectivity index (χ1v) is 13.9. The van der Waals surface area contributed by atoms with E-state index in [1.807, 2.05) is 6.92 Å². The van der Waals surface area contributed by atoms with Gasteiger partial charge in [-0.1, -0.05) is 67.1 Å². The first kappa shape index (κ1) is 27.1. The standard InChI is InChI=1S/C30H31NO6S/c1-5-30(23-14-16-24(36-4)17-15-23)26(28(32)37-6-2)20-27(22-10-8-7-9-11-22)31(29(30)33)38(34,35)25-18-12-21(3)13-19-25/h7-20,26H,5-6H2,1-4H3/t26-,30-/m1/s1. The van der Waals surface area contributed by atoms with E-state index in [1.54, 1.807) is 86.7 Å². The number of ether oxygens (including phenoxy) is 2. The van der Waals surface area contributed by atoms with Gasteiger partial charge in [-0.3, -0.25) is 9.59 Å². The molecule has 1 amide bonds. The third kappa shape index (κ3) is 4.60. The Morgan fingerprint density at radius 2 is 1.58 bits per heavy atom. The highest BCUT2D eigenvalue weighted by molar-refractivity contribution is 7.90. The Balaban J connectivity index is 2.04. The third-order valence-corrected chi connectivity index (χ3v) is 8.68. The van der Waals surface area contributed by atoms with Crippen LogP contribution in [0.4, 0.5) is 0 Å². The fourth-order valence-corrected chi connectivity index (χ4v) is 6.43. The molecule has 0 aromatic heterocycles. The number of benzene rings is 3. The molecule has 3 aromatic carbocycles. The predicted molar refractivity (Wildman–Crippen MR) is 145 cm³/mol. The molecule has 0 spiro atoms. The lowest BCUT2D eigenvalue weighted by Gasteiger charge is -2.44. The molecule has 0 radical (unpaired) electrons. The van der Waals surface area contributed by atoms with Gasteiger partial charge in [0.25, 0.3) is 15.9 Å². The monoisotopic (exact) mass is 533 g/mol. The van der Waals surface area contributed by atoms with Gasteiger partial charge in [-0.15, -0.1) is 0 Å². The lowest BCUT2D eigenvalue weighted by molar-refractivity contribution is -0.153. The molecular weight excluding hydrogens is 502 g/mol. The van der Waals surface area contributed by atoms with E-state index in [0.717, 1.165) is 9.87 Å². The highest BCUT2D eigenvalue weighted by Gasteiger charge is 2.57. The van der Waals surface area contributed by atoms with Gasteiger partial charge in [-0.25, -0.2) is 12.7 Å². The van der Waals surface area contributed by atoms with Crippen molar-refractivity contribution in [2.24, 2.45) is 5.92 Å². The summed E-state index contributed by atoms with van der Waals surface area (Å²) in [5, 5.41) is 0. The maximum absolute atomic E-state index is 14.7. The van der Waals surface area contributed by atoms with Gasteiger partial charge in [0.2, 0.25) is 0 Å². The number of aryl methyl sites for hydroxylation is 1. The van der Waals surface area contributed by atoms with Crippen LogP contribution in [0.3, 0.4) is 0 Å². The molecule has 0 saturated carbocycles. The molecule has 7 nitrogen and oxygen atoms in total. The Kier molecular flexibility index (Phi) is 7.73. The second-order valence-corrected chi connectivity index (χ2v) is 10.9. The minimum absolute atomic E-state index is 0.0207. The number of hydrogen-bond donors (Lipinski definition) is 0. The molecule has 0 N–H and O–H groups in total. The first-order chi connectivity index (χ1) is 18.2. The first-order valence-electron chi connectivity index (χ1n) is 12.5. The van der Waals surface area contributed by atoms with E-state index in [0.29, 0.717) is 16.9 Å². The second-order valence-electron chi connectivity index (χ2n) is 9.09. The highest BCUT2D eigenvalue weighted by atomic mass is 32.2. The van der Waals surface area contributed by atoms with Crippen molar-refractivity contribution >= 4 is 27.6 Å². The average Bonchev–Trinajstić information content (AvgIpc) is 2.93. The molecule has 1 aliphatic rings.